The molecule has 0 saturated heterocycles. The summed E-state index contributed by atoms with van der Waals surface area (Å²) in [4.78, 5) is 11.1. The number of benzene rings is 3. The van der Waals surface area contributed by atoms with Gasteiger partial charge in [-0.2, -0.15) is 0 Å². The summed E-state index contributed by atoms with van der Waals surface area (Å²) >= 11 is 6.07. The van der Waals surface area contributed by atoms with E-state index in [-0.39, 0.29) is 12.3 Å². The SMILES string of the molecule is CC#C[C@@H](CC(=O)O)c1ccc(OCc2cccc(-c3ccc(Cl)cc3C)c2)cc1. The van der Waals surface area contributed by atoms with E-state index >= 15 is 0 Å². The van der Waals surface area contributed by atoms with Crippen molar-refractivity contribution in [3.63, 3.8) is 0 Å². The predicted octanol–water partition coefficient (Wildman–Crippen LogP) is 6.48. The Labute approximate surface area is 182 Å². The smallest absolute Gasteiger partial charge is 0.304 e. The summed E-state index contributed by atoms with van der Waals surface area (Å²) in [5, 5.41) is 9.80. The van der Waals surface area contributed by atoms with Gasteiger partial charge >= 0.3 is 5.97 Å². The second kappa shape index (κ2) is 10.0. The third kappa shape index (κ3) is 5.65. The first-order chi connectivity index (χ1) is 14.5. The minimum Gasteiger partial charge on any atom is -0.489 e. The highest BCUT2D eigenvalue weighted by Crippen LogP contribution is 2.27. The highest BCUT2D eigenvalue weighted by molar-refractivity contribution is 6.30. The number of carboxylic acid groups (broad SMARTS) is 1. The monoisotopic (exact) mass is 418 g/mol. The van der Waals surface area contributed by atoms with Crippen LogP contribution in [0.1, 0.15) is 36.0 Å². The minimum absolute atomic E-state index is 0.0159. The van der Waals surface area contributed by atoms with Crippen LogP contribution in [0, 0.1) is 18.8 Å². The van der Waals surface area contributed by atoms with Gasteiger partial charge in [-0.3, -0.25) is 4.79 Å². The maximum Gasteiger partial charge on any atom is 0.304 e. The Morgan fingerprint density at radius 2 is 1.87 bits per heavy atom. The fourth-order valence-corrected chi connectivity index (χ4v) is 3.57. The van der Waals surface area contributed by atoms with Crippen LogP contribution in [0.4, 0.5) is 0 Å². The summed E-state index contributed by atoms with van der Waals surface area (Å²) < 4.78 is 5.93. The summed E-state index contributed by atoms with van der Waals surface area (Å²) in [6.45, 7) is 4.20. The summed E-state index contributed by atoms with van der Waals surface area (Å²) in [5.41, 5.74) is 5.33. The van der Waals surface area contributed by atoms with Gasteiger partial charge in [0.1, 0.15) is 12.4 Å². The van der Waals surface area contributed by atoms with Crippen LogP contribution in [0.15, 0.2) is 66.7 Å². The molecule has 0 amide bonds. The lowest BCUT2D eigenvalue weighted by Gasteiger charge is -2.12. The van der Waals surface area contributed by atoms with Gasteiger partial charge in [0.15, 0.2) is 0 Å². The molecule has 3 nitrogen and oxygen atoms in total. The Morgan fingerprint density at radius 3 is 2.53 bits per heavy atom. The van der Waals surface area contributed by atoms with Gasteiger partial charge in [0.05, 0.1) is 12.3 Å². The van der Waals surface area contributed by atoms with Crippen LogP contribution in [0.5, 0.6) is 5.75 Å². The van der Waals surface area contributed by atoms with Crippen molar-refractivity contribution in [2.24, 2.45) is 0 Å². The number of ether oxygens (including phenoxy) is 1. The second-order valence-corrected chi connectivity index (χ2v) is 7.50. The predicted molar refractivity (Wildman–Crippen MR) is 121 cm³/mol. The van der Waals surface area contributed by atoms with Gasteiger partial charge in [0.2, 0.25) is 0 Å². The van der Waals surface area contributed by atoms with Crippen molar-refractivity contribution in [1.82, 2.24) is 0 Å². The molecule has 0 unspecified atom stereocenters. The number of carboxylic acids is 1. The number of rotatable bonds is 7. The van der Waals surface area contributed by atoms with Gasteiger partial charge in [-0.05, 0) is 72.0 Å². The molecule has 0 aliphatic rings. The van der Waals surface area contributed by atoms with Gasteiger partial charge in [-0.25, -0.2) is 0 Å². The molecule has 152 valence electrons. The molecule has 1 N–H and O–H groups in total. The molecule has 0 bridgehead atoms. The summed E-state index contributed by atoms with van der Waals surface area (Å²) in [5.74, 6) is 5.31. The van der Waals surface area contributed by atoms with E-state index in [1.807, 2.05) is 61.5 Å². The van der Waals surface area contributed by atoms with Gasteiger partial charge < -0.3 is 9.84 Å². The summed E-state index contributed by atoms with van der Waals surface area (Å²) in [7, 11) is 0. The zero-order valence-corrected chi connectivity index (χ0v) is 17.7. The number of aliphatic carboxylic acids is 1. The maximum absolute atomic E-state index is 11.1. The molecule has 1 atom stereocenters. The van der Waals surface area contributed by atoms with E-state index in [0.717, 1.165) is 38.6 Å². The number of hydrogen-bond donors (Lipinski definition) is 1. The van der Waals surface area contributed by atoms with Crippen molar-refractivity contribution >= 4 is 17.6 Å². The molecular weight excluding hydrogens is 396 g/mol. The molecule has 0 saturated carbocycles. The van der Waals surface area contributed by atoms with Crippen LogP contribution >= 0.6 is 11.6 Å². The van der Waals surface area contributed by atoms with E-state index in [9.17, 15) is 4.79 Å². The Bertz CT molecular complexity index is 1090. The third-order valence-electron chi connectivity index (χ3n) is 4.81. The second-order valence-electron chi connectivity index (χ2n) is 7.06. The molecule has 0 fully saturated rings. The van der Waals surface area contributed by atoms with E-state index in [4.69, 9.17) is 21.4 Å². The average Bonchev–Trinajstić information content (AvgIpc) is 2.72. The Morgan fingerprint density at radius 1 is 1.10 bits per heavy atom. The van der Waals surface area contributed by atoms with Crippen LogP contribution in [0.2, 0.25) is 5.02 Å². The molecule has 0 spiro atoms. The lowest BCUT2D eigenvalue weighted by molar-refractivity contribution is -0.137. The fourth-order valence-electron chi connectivity index (χ4n) is 3.34. The van der Waals surface area contributed by atoms with Crippen molar-refractivity contribution in [2.75, 3.05) is 0 Å². The zero-order valence-electron chi connectivity index (χ0n) is 17.0. The van der Waals surface area contributed by atoms with Crippen molar-refractivity contribution in [3.8, 4) is 28.7 Å². The van der Waals surface area contributed by atoms with Gasteiger partial charge in [-0.15, -0.1) is 5.92 Å². The lowest BCUT2D eigenvalue weighted by Crippen LogP contribution is -2.04. The van der Waals surface area contributed by atoms with E-state index < -0.39 is 5.97 Å². The Hall–Kier alpha value is -3.22. The molecule has 0 aliphatic carbocycles. The molecule has 4 heteroatoms. The van der Waals surface area contributed by atoms with Gasteiger partial charge in [-0.1, -0.05) is 53.9 Å². The number of halogens is 1. The first kappa shape index (κ1) is 21.5. The number of carbonyl (C=O) groups is 1. The molecule has 0 radical (unpaired) electrons. The van der Waals surface area contributed by atoms with Crippen LogP contribution in [-0.4, -0.2) is 11.1 Å². The van der Waals surface area contributed by atoms with Crippen molar-refractivity contribution in [1.29, 1.82) is 0 Å². The van der Waals surface area contributed by atoms with Crippen LogP contribution < -0.4 is 4.74 Å². The molecule has 0 aromatic heterocycles. The lowest BCUT2D eigenvalue weighted by atomic mass is 9.96. The molecular formula is C26H23ClO3. The molecule has 30 heavy (non-hydrogen) atoms. The first-order valence-electron chi connectivity index (χ1n) is 9.68. The van der Waals surface area contributed by atoms with Gasteiger partial charge in [0, 0.05) is 5.02 Å². The van der Waals surface area contributed by atoms with Crippen LogP contribution in [-0.2, 0) is 11.4 Å². The Kier molecular flexibility index (Phi) is 7.17. The first-order valence-corrected chi connectivity index (χ1v) is 10.1. The topological polar surface area (TPSA) is 46.5 Å². The average molecular weight is 419 g/mol. The molecule has 0 aliphatic heterocycles. The summed E-state index contributed by atoms with van der Waals surface area (Å²) in [6, 6.07) is 21.6. The van der Waals surface area contributed by atoms with Gasteiger partial charge in [0.25, 0.3) is 0 Å². The van der Waals surface area contributed by atoms with Crippen LogP contribution in [0.3, 0.4) is 0 Å². The van der Waals surface area contributed by atoms with E-state index in [1.54, 1.807) is 6.92 Å². The zero-order chi connectivity index (χ0) is 21.5. The number of aryl methyl sites for hydroxylation is 1. The van der Waals surface area contributed by atoms with Crippen molar-refractivity contribution in [3.05, 3.63) is 88.4 Å². The summed E-state index contributed by atoms with van der Waals surface area (Å²) in [6.07, 6.45) is -0.0159. The largest absolute Gasteiger partial charge is 0.489 e. The highest BCUT2D eigenvalue weighted by Gasteiger charge is 2.13. The Balaban J connectivity index is 1.70. The fraction of sp³-hybridized carbons (Fsp3) is 0.192. The third-order valence-corrected chi connectivity index (χ3v) is 5.05. The normalized spacial score (nSPS) is 11.3. The van der Waals surface area contributed by atoms with Crippen LogP contribution in [0.25, 0.3) is 11.1 Å². The molecule has 3 aromatic carbocycles. The maximum atomic E-state index is 11.1. The van der Waals surface area contributed by atoms with Crippen molar-refractivity contribution < 1.29 is 14.6 Å². The highest BCUT2D eigenvalue weighted by atomic mass is 35.5. The van der Waals surface area contributed by atoms with E-state index in [0.29, 0.717) is 6.61 Å². The van der Waals surface area contributed by atoms with E-state index in [2.05, 4.69) is 24.0 Å². The number of hydrogen-bond acceptors (Lipinski definition) is 2. The standard InChI is InChI=1S/C26H23ClO3/c1-3-5-21(16-26(28)29)20-8-11-24(12-9-20)30-17-19-6-4-7-22(15-19)25-13-10-23(27)14-18(25)2/h4,6-15,21H,16-17H2,1-2H3,(H,28,29)/t21-/m0/s1. The van der Waals surface area contributed by atoms with Crippen molar-refractivity contribution in [2.45, 2.75) is 32.8 Å². The van der Waals surface area contributed by atoms with E-state index in [1.165, 1.54) is 0 Å². The minimum atomic E-state index is -0.862. The molecule has 3 rings (SSSR count). The molecule has 3 aromatic rings. The molecule has 0 heterocycles. The quantitative estimate of drug-likeness (QED) is 0.447.